The molecule has 5 N–H and O–H groups in total. The lowest BCUT2D eigenvalue weighted by molar-refractivity contribution is -0.376. The molecule has 1 aromatic carbocycles. The highest BCUT2D eigenvalue weighted by Gasteiger charge is 2.73. The Morgan fingerprint density at radius 1 is 1.00 bits per heavy atom. The Morgan fingerprint density at radius 3 is 2.25 bits per heavy atom. The van der Waals surface area contributed by atoms with Gasteiger partial charge in [-0.25, -0.2) is 9.97 Å². The minimum atomic E-state index is -6.19. The van der Waals surface area contributed by atoms with Crippen LogP contribution in [0.15, 0.2) is 42.7 Å². The summed E-state index contributed by atoms with van der Waals surface area (Å²) in [5, 5.41) is 40.9. The number of thiazole rings is 1. The molecular formula is C31H31F8N3O9S. The van der Waals surface area contributed by atoms with Crippen molar-refractivity contribution in [3.05, 3.63) is 63.7 Å². The fourth-order valence-corrected chi connectivity index (χ4v) is 6.50. The van der Waals surface area contributed by atoms with E-state index in [1.807, 2.05) is 0 Å². The van der Waals surface area contributed by atoms with Crippen LogP contribution in [0.3, 0.4) is 0 Å². The second-order valence-electron chi connectivity index (χ2n) is 12.0. The van der Waals surface area contributed by atoms with E-state index in [1.165, 1.54) is 30.5 Å². The van der Waals surface area contributed by atoms with E-state index < -0.39 is 78.6 Å². The standard InChI is InChI=1S/C31H31F8N3O9S/c1-13(44)42-23-25(46)24(45)20(12-43)49-26(23)51-22-7-2-14(10-40-22)8-17(15-3-6-18(50-28(32)33)19(9-15)48-16-4-5-16)21-11-41-27(52-21)29(47,30(34,35)36)31(37,38)39/h2-3,6-7,9-11,16-17,20,23-26,28,43,45-47H,4-5,8,12H2,1H3,(H,42,44)/t17-,20?,23?,24+,25-,26-/m0/s1. The summed E-state index contributed by atoms with van der Waals surface area (Å²) in [7, 11) is 0. The molecule has 286 valence electrons. The van der Waals surface area contributed by atoms with Gasteiger partial charge in [-0.3, -0.25) is 4.79 Å². The number of halogens is 8. The average molecular weight is 774 g/mol. The number of benzene rings is 1. The van der Waals surface area contributed by atoms with Gasteiger partial charge in [-0.2, -0.15) is 35.1 Å². The van der Waals surface area contributed by atoms with Gasteiger partial charge in [0.15, 0.2) is 11.5 Å². The zero-order valence-corrected chi connectivity index (χ0v) is 27.5. The van der Waals surface area contributed by atoms with E-state index in [0.29, 0.717) is 18.4 Å². The molecule has 12 nitrogen and oxygen atoms in total. The van der Waals surface area contributed by atoms with Crippen LogP contribution in [-0.2, 0) is 21.6 Å². The van der Waals surface area contributed by atoms with Crippen molar-refractivity contribution < 1.29 is 79.3 Å². The summed E-state index contributed by atoms with van der Waals surface area (Å²) < 4.78 is 130. The number of aromatic nitrogens is 2. The van der Waals surface area contributed by atoms with Crippen LogP contribution in [-0.4, -0.2) is 98.6 Å². The van der Waals surface area contributed by atoms with Crippen molar-refractivity contribution in [1.82, 2.24) is 15.3 Å². The van der Waals surface area contributed by atoms with E-state index in [4.69, 9.17) is 14.2 Å². The molecule has 1 amide bonds. The van der Waals surface area contributed by atoms with Crippen molar-refractivity contribution in [2.45, 2.75) is 93.4 Å². The summed E-state index contributed by atoms with van der Waals surface area (Å²) in [6.45, 7) is -2.82. The summed E-state index contributed by atoms with van der Waals surface area (Å²) in [4.78, 5) is 19.0. The first-order chi connectivity index (χ1) is 24.3. The number of pyridine rings is 1. The lowest BCUT2D eigenvalue weighted by Gasteiger charge is -2.41. The number of ether oxygens (including phenoxy) is 4. The maximum atomic E-state index is 13.7. The third-order valence-corrected chi connectivity index (χ3v) is 9.35. The predicted octanol–water partition coefficient (Wildman–Crippen LogP) is 3.69. The van der Waals surface area contributed by atoms with Gasteiger partial charge in [0.2, 0.25) is 18.1 Å². The molecule has 2 unspecified atom stereocenters. The molecule has 1 saturated carbocycles. The van der Waals surface area contributed by atoms with Gasteiger partial charge in [-0.1, -0.05) is 12.1 Å². The molecule has 1 saturated heterocycles. The Kier molecular flexibility index (Phi) is 11.5. The van der Waals surface area contributed by atoms with E-state index in [-0.39, 0.29) is 51.7 Å². The molecule has 0 radical (unpaired) electrons. The molecule has 1 aliphatic carbocycles. The fourth-order valence-electron chi connectivity index (χ4n) is 5.32. The van der Waals surface area contributed by atoms with Crippen molar-refractivity contribution in [2.24, 2.45) is 0 Å². The first kappa shape index (κ1) is 39.3. The molecule has 52 heavy (non-hydrogen) atoms. The van der Waals surface area contributed by atoms with E-state index >= 15 is 0 Å². The second-order valence-corrected chi connectivity index (χ2v) is 13.1. The number of hydrogen-bond donors (Lipinski definition) is 5. The van der Waals surface area contributed by atoms with E-state index in [0.717, 1.165) is 19.2 Å². The van der Waals surface area contributed by atoms with Gasteiger partial charge in [-0.05, 0) is 42.5 Å². The monoisotopic (exact) mass is 773 g/mol. The second kappa shape index (κ2) is 15.2. The normalized spacial score (nSPS) is 23.3. The number of carbonyl (C=O) groups excluding carboxylic acids is 1. The number of amides is 1. The van der Waals surface area contributed by atoms with E-state index in [9.17, 15) is 60.3 Å². The summed E-state index contributed by atoms with van der Waals surface area (Å²) in [5.74, 6) is -2.38. The van der Waals surface area contributed by atoms with Gasteiger partial charge in [0.1, 0.15) is 29.4 Å². The molecule has 5 rings (SSSR count). The van der Waals surface area contributed by atoms with Crippen molar-refractivity contribution in [3.8, 4) is 17.4 Å². The van der Waals surface area contributed by atoms with Crippen LogP contribution in [0.1, 0.15) is 46.7 Å². The van der Waals surface area contributed by atoms with Crippen LogP contribution in [0, 0.1) is 0 Å². The Balaban J connectivity index is 1.48. The quantitative estimate of drug-likeness (QED) is 0.161. The summed E-state index contributed by atoms with van der Waals surface area (Å²) >= 11 is -0.0570. The van der Waals surface area contributed by atoms with Crippen LogP contribution in [0.4, 0.5) is 35.1 Å². The van der Waals surface area contributed by atoms with Crippen LogP contribution in [0.2, 0.25) is 0 Å². The van der Waals surface area contributed by atoms with Crippen molar-refractivity contribution >= 4 is 17.2 Å². The highest BCUT2D eigenvalue weighted by Crippen LogP contribution is 2.52. The maximum Gasteiger partial charge on any atom is 0.433 e. The van der Waals surface area contributed by atoms with Crippen molar-refractivity contribution in [1.29, 1.82) is 0 Å². The van der Waals surface area contributed by atoms with E-state index in [1.54, 1.807) is 0 Å². The number of nitrogens with zero attached hydrogens (tertiary/aromatic N) is 2. The Morgan fingerprint density at radius 2 is 1.69 bits per heavy atom. The zero-order valence-electron chi connectivity index (χ0n) is 26.6. The van der Waals surface area contributed by atoms with Crippen molar-refractivity contribution in [2.75, 3.05) is 6.61 Å². The highest BCUT2D eigenvalue weighted by molar-refractivity contribution is 7.11. The van der Waals surface area contributed by atoms with Crippen molar-refractivity contribution in [3.63, 3.8) is 0 Å². The third-order valence-electron chi connectivity index (χ3n) is 8.13. The minimum Gasteiger partial charge on any atom is -0.487 e. The van der Waals surface area contributed by atoms with E-state index in [2.05, 4.69) is 20.0 Å². The van der Waals surface area contributed by atoms with Gasteiger partial charge < -0.3 is 44.7 Å². The number of alkyl halides is 8. The maximum absolute atomic E-state index is 13.7. The summed E-state index contributed by atoms with van der Waals surface area (Å²) in [6, 6.07) is 5.05. The lowest BCUT2D eigenvalue weighted by atomic mass is 9.91. The number of hydrogen-bond acceptors (Lipinski definition) is 12. The molecule has 2 aliphatic rings. The van der Waals surface area contributed by atoms with Gasteiger partial charge in [0.05, 0.1) is 12.7 Å². The lowest BCUT2D eigenvalue weighted by Crippen LogP contribution is -2.65. The fraction of sp³-hybridized carbons (Fsp3) is 0.516. The number of carbonyl (C=O) groups is 1. The Bertz CT molecular complexity index is 1680. The first-order valence-electron chi connectivity index (χ1n) is 15.4. The summed E-state index contributed by atoms with van der Waals surface area (Å²) in [6.07, 6.45) is -15.7. The Hall–Kier alpha value is -3.89. The molecule has 3 aromatic rings. The average Bonchev–Trinajstić information content (AvgIpc) is 3.74. The molecule has 3 heterocycles. The van der Waals surface area contributed by atoms with Gasteiger partial charge in [0, 0.05) is 36.2 Å². The third kappa shape index (κ3) is 8.49. The minimum absolute atomic E-state index is 0.0570. The number of aliphatic hydroxyl groups is 4. The van der Waals surface area contributed by atoms with Gasteiger partial charge >= 0.3 is 24.6 Å². The predicted molar refractivity (Wildman–Crippen MR) is 161 cm³/mol. The largest absolute Gasteiger partial charge is 0.487 e. The molecular weight excluding hydrogens is 742 g/mol. The van der Waals surface area contributed by atoms with Crippen LogP contribution < -0.4 is 19.5 Å². The molecule has 1 aliphatic heterocycles. The molecule has 2 aromatic heterocycles. The topological polar surface area (TPSA) is 173 Å². The number of nitrogens with one attached hydrogen (secondary N) is 1. The SMILES string of the molecule is CC(=O)NC1[C@H](Oc2ccc(C[C@@H](c3ccc(OC(F)F)c(OC4CC4)c3)c3cnc(C(O)(C(F)(F)F)C(F)(F)F)s3)cn2)OC(CO)[C@@H](O)[C@H]1O. The van der Waals surface area contributed by atoms with Gasteiger partial charge in [0.25, 0.3) is 0 Å². The Labute approximate surface area is 292 Å². The molecule has 0 bridgehead atoms. The highest BCUT2D eigenvalue weighted by atomic mass is 32.1. The van der Waals surface area contributed by atoms with Crippen LogP contribution in [0.5, 0.6) is 17.4 Å². The van der Waals surface area contributed by atoms with Crippen LogP contribution in [0.25, 0.3) is 0 Å². The number of rotatable bonds is 13. The molecule has 21 heteroatoms. The summed E-state index contributed by atoms with van der Waals surface area (Å²) in [5.41, 5.74) is -4.79. The molecule has 2 fully saturated rings. The smallest absolute Gasteiger partial charge is 0.433 e. The molecule has 0 spiro atoms. The first-order valence-corrected chi connectivity index (χ1v) is 16.2. The number of aliphatic hydroxyl groups excluding tert-OH is 3. The zero-order chi connectivity index (χ0) is 38.2. The van der Waals surface area contributed by atoms with Gasteiger partial charge in [-0.15, -0.1) is 11.3 Å². The molecule has 6 atom stereocenters. The van der Waals surface area contributed by atoms with Crippen LogP contribution >= 0.6 is 11.3 Å².